The Kier molecular flexibility index (Phi) is 6.96. The number of anilines is 1. The van der Waals surface area contributed by atoms with Gasteiger partial charge in [0.1, 0.15) is 18.5 Å². The number of amides is 2. The Bertz CT molecular complexity index is 627. The summed E-state index contributed by atoms with van der Waals surface area (Å²) in [5, 5.41) is 5.28. The molecule has 6 heteroatoms. The van der Waals surface area contributed by atoms with Gasteiger partial charge in [-0.15, -0.1) is 0 Å². The van der Waals surface area contributed by atoms with E-state index in [0.29, 0.717) is 11.4 Å². The minimum Gasteiger partial charge on any atom is -0.481 e. The Morgan fingerprint density at radius 3 is 2.79 bits per heavy atom. The summed E-state index contributed by atoms with van der Waals surface area (Å²) < 4.78 is 10.7. The summed E-state index contributed by atoms with van der Waals surface area (Å²) in [6, 6.07) is 7.07. The number of hydrogen-bond acceptors (Lipinski definition) is 4. The van der Waals surface area contributed by atoms with Crippen LogP contribution < -0.4 is 15.4 Å². The molecule has 2 amide bonds. The topological polar surface area (TPSA) is 76.7 Å². The molecule has 0 atom stereocenters. The molecule has 1 aliphatic rings. The zero-order valence-corrected chi connectivity index (χ0v) is 13.8. The predicted molar refractivity (Wildman–Crippen MR) is 90.8 cm³/mol. The summed E-state index contributed by atoms with van der Waals surface area (Å²) in [5.74, 6) is 6.09. The highest BCUT2D eigenvalue weighted by molar-refractivity contribution is 5.88. The summed E-state index contributed by atoms with van der Waals surface area (Å²) >= 11 is 0. The Labute approximate surface area is 141 Å². The summed E-state index contributed by atoms with van der Waals surface area (Å²) in [6.07, 6.45) is 3.78. The van der Waals surface area contributed by atoms with Crippen LogP contribution in [0.4, 0.5) is 10.5 Å². The first-order valence-electron chi connectivity index (χ1n) is 8.04. The summed E-state index contributed by atoms with van der Waals surface area (Å²) in [7, 11) is 0. The zero-order chi connectivity index (χ0) is 17.2. The van der Waals surface area contributed by atoms with Crippen LogP contribution in [0.25, 0.3) is 0 Å². The van der Waals surface area contributed by atoms with E-state index in [9.17, 15) is 9.59 Å². The molecule has 6 nitrogen and oxygen atoms in total. The molecule has 1 aromatic carbocycles. The van der Waals surface area contributed by atoms with E-state index in [1.165, 1.54) is 6.92 Å². The van der Waals surface area contributed by atoms with Gasteiger partial charge in [-0.05, 0) is 37.8 Å². The van der Waals surface area contributed by atoms with Crippen LogP contribution in [0.2, 0.25) is 0 Å². The number of ether oxygens (including phenoxy) is 2. The Hall–Kier alpha value is -2.68. The molecule has 128 valence electrons. The molecule has 2 N–H and O–H groups in total. The molecule has 0 aliphatic heterocycles. The predicted octanol–water partition coefficient (Wildman–Crippen LogP) is 2.70. The van der Waals surface area contributed by atoms with Crippen molar-refractivity contribution >= 4 is 17.7 Å². The molecule has 0 radical (unpaired) electrons. The van der Waals surface area contributed by atoms with Crippen LogP contribution in [0.5, 0.6) is 5.75 Å². The second kappa shape index (κ2) is 9.46. The van der Waals surface area contributed by atoms with Gasteiger partial charge in [-0.1, -0.05) is 17.9 Å². The lowest BCUT2D eigenvalue weighted by Gasteiger charge is -2.10. The lowest BCUT2D eigenvalue weighted by Crippen LogP contribution is -2.28. The van der Waals surface area contributed by atoms with Gasteiger partial charge >= 0.3 is 6.09 Å². The van der Waals surface area contributed by atoms with Crippen molar-refractivity contribution in [3.8, 4) is 17.6 Å². The number of alkyl carbamates (subject to hydrolysis) is 1. The van der Waals surface area contributed by atoms with E-state index in [-0.39, 0.29) is 25.2 Å². The molecule has 1 saturated carbocycles. The molecular formula is C18H22N2O4. The van der Waals surface area contributed by atoms with E-state index in [4.69, 9.17) is 9.47 Å². The first kappa shape index (κ1) is 17.7. The van der Waals surface area contributed by atoms with Crippen LogP contribution >= 0.6 is 0 Å². The smallest absolute Gasteiger partial charge is 0.408 e. The third-order valence-electron chi connectivity index (χ3n) is 3.49. The molecule has 1 aromatic rings. The summed E-state index contributed by atoms with van der Waals surface area (Å²) in [6.45, 7) is 1.87. The molecule has 0 saturated heterocycles. The molecule has 0 bridgehead atoms. The van der Waals surface area contributed by atoms with Crippen molar-refractivity contribution in [2.75, 3.05) is 18.5 Å². The highest BCUT2D eigenvalue weighted by atomic mass is 16.6. The Morgan fingerprint density at radius 2 is 2.04 bits per heavy atom. The molecule has 0 heterocycles. The van der Waals surface area contributed by atoms with E-state index < -0.39 is 6.09 Å². The molecule has 0 aromatic heterocycles. The second-order valence-corrected chi connectivity index (χ2v) is 5.52. The lowest BCUT2D eigenvalue weighted by molar-refractivity contribution is -0.114. The van der Waals surface area contributed by atoms with Crippen molar-refractivity contribution in [3.05, 3.63) is 24.3 Å². The summed E-state index contributed by atoms with van der Waals surface area (Å²) in [5.41, 5.74) is 0.671. The average Bonchev–Trinajstić information content (AvgIpc) is 3.03. The van der Waals surface area contributed by atoms with Crippen molar-refractivity contribution in [1.29, 1.82) is 0 Å². The normalized spacial score (nSPS) is 13.5. The standard InChI is InChI=1S/C18H22N2O4/c1-14(21)20-15-7-6-10-17(13-15)23-12-5-4-11-19-18(22)24-16-8-2-3-9-16/h6-7,10,13,16H,2-3,8-9,11-12H2,1H3,(H,19,22)(H,20,21). The third kappa shape index (κ3) is 6.61. The molecule has 24 heavy (non-hydrogen) atoms. The van der Waals surface area contributed by atoms with Crippen molar-refractivity contribution in [2.24, 2.45) is 0 Å². The number of carbonyl (C=O) groups excluding carboxylic acids is 2. The second-order valence-electron chi connectivity index (χ2n) is 5.52. The lowest BCUT2D eigenvalue weighted by atomic mass is 10.3. The zero-order valence-electron chi connectivity index (χ0n) is 13.8. The van der Waals surface area contributed by atoms with Gasteiger partial charge in [-0.3, -0.25) is 4.79 Å². The first-order chi connectivity index (χ1) is 11.6. The molecule has 1 fully saturated rings. The monoisotopic (exact) mass is 330 g/mol. The van der Waals surface area contributed by atoms with Gasteiger partial charge in [0.25, 0.3) is 0 Å². The minimum absolute atomic E-state index is 0.0529. The maximum Gasteiger partial charge on any atom is 0.408 e. The fraction of sp³-hybridized carbons (Fsp3) is 0.444. The van der Waals surface area contributed by atoms with Crippen molar-refractivity contribution in [1.82, 2.24) is 5.32 Å². The fourth-order valence-electron chi connectivity index (χ4n) is 2.42. The van der Waals surface area contributed by atoms with Gasteiger partial charge in [0, 0.05) is 18.7 Å². The van der Waals surface area contributed by atoms with Crippen LogP contribution in [-0.2, 0) is 9.53 Å². The van der Waals surface area contributed by atoms with Crippen LogP contribution in [-0.4, -0.2) is 31.3 Å². The average molecular weight is 330 g/mol. The third-order valence-corrected chi connectivity index (χ3v) is 3.49. The molecular weight excluding hydrogens is 308 g/mol. The van der Waals surface area contributed by atoms with Gasteiger partial charge in [-0.2, -0.15) is 0 Å². The summed E-state index contributed by atoms with van der Waals surface area (Å²) in [4.78, 5) is 22.5. The Balaban J connectivity index is 1.64. The molecule has 0 unspecified atom stereocenters. The van der Waals surface area contributed by atoms with Crippen molar-refractivity contribution in [2.45, 2.75) is 38.7 Å². The van der Waals surface area contributed by atoms with Gasteiger partial charge in [0.2, 0.25) is 5.91 Å². The maximum absolute atomic E-state index is 11.5. The number of carbonyl (C=O) groups is 2. The van der Waals surface area contributed by atoms with E-state index in [2.05, 4.69) is 22.5 Å². The van der Waals surface area contributed by atoms with E-state index in [1.54, 1.807) is 24.3 Å². The number of hydrogen-bond donors (Lipinski definition) is 2. The first-order valence-corrected chi connectivity index (χ1v) is 8.04. The van der Waals surface area contributed by atoms with E-state index in [1.807, 2.05) is 0 Å². The van der Waals surface area contributed by atoms with Crippen molar-refractivity contribution < 1.29 is 19.1 Å². The fourth-order valence-corrected chi connectivity index (χ4v) is 2.42. The van der Waals surface area contributed by atoms with Gasteiger partial charge < -0.3 is 20.1 Å². The largest absolute Gasteiger partial charge is 0.481 e. The number of benzene rings is 1. The maximum atomic E-state index is 11.5. The van der Waals surface area contributed by atoms with Crippen LogP contribution in [0.1, 0.15) is 32.6 Å². The van der Waals surface area contributed by atoms with Crippen LogP contribution in [0, 0.1) is 11.8 Å². The van der Waals surface area contributed by atoms with Crippen LogP contribution in [0.3, 0.4) is 0 Å². The van der Waals surface area contributed by atoms with Gasteiger partial charge in [-0.25, -0.2) is 4.79 Å². The van der Waals surface area contributed by atoms with E-state index in [0.717, 1.165) is 25.7 Å². The number of rotatable bonds is 5. The molecule has 2 rings (SSSR count). The SMILES string of the molecule is CC(=O)Nc1cccc(OCC#CCNC(=O)OC2CCCC2)c1. The minimum atomic E-state index is -0.417. The van der Waals surface area contributed by atoms with Crippen molar-refractivity contribution in [3.63, 3.8) is 0 Å². The van der Waals surface area contributed by atoms with Crippen LogP contribution in [0.15, 0.2) is 24.3 Å². The molecule has 1 aliphatic carbocycles. The van der Waals surface area contributed by atoms with Gasteiger partial charge in [0.15, 0.2) is 0 Å². The highest BCUT2D eigenvalue weighted by Gasteiger charge is 2.18. The highest BCUT2D eigenvalue weighted by Crippen LogP contribution is 2.20. The number of nitrogens with one attached hydrogen (secondary N) is 2. The van der Waals surface area contributed by atoms with Gasteiger partial charge in [0.05, 0.1) is 6.54 Å². The Morgan fingerprint density at radius 1 is 1.25 bits per heavy atom. The molecule has 0 spiro atoms. The quantitative estimate of drug-likeness (QED) is 0.814. The van der Waals surface area contributed by atoms with E-state index >= 15 is 0 Å².